The first kappa shape index (κ1) is 21.4. The third-order valence-corrected chi connectivity index (χ3v) is 5.79. The summed E-state index contributed by atoms with van der Waals surface area (Å²) in [6.45, 7) is 2.00. The van der Waals surface area contributed by atoms with Crippen LogP contribution in [-0.2, 0) is 0 Å². The molecule has 0 saturated heterocycles. The lowest BCUT2D eigenvalue weighted by atomic mass is 10.2. The maximum absolute atomic E-state index is 10.9. The van der Waals surface area contributed by atoms with E-state index in [1.54, 1.807) is 0 Å². The number of nitro groups is 1. The predicted octanol–water partition coefficient (Wildman–Crippen LogP) is 5.32. The quantitative estimate of drug-likeness (QED) is 0.273. The maximum Gasteiger partial charge on any atom is 0.271 e. The number of non-ortho nitro benzene ring substituents is 1. The van der Waals surface area contributed by atoms with Gasteiger partial charge in [-0.15, -0.1) is 11.3 Å². The average molecular weight is 465 g/mol. The zero-order valence-electron chi connectivity index (χ0n) is 16.8. The van der Waals surface area contributed by atoms with Crippen molar-refractivity contribution in [2.75, 3.05) is 10.7 Å². The fourth-order valence-electron chi connectivity index (χ4n) is 2.86. The molecule has 8 nitrogen and oxygen atoms in total. The Bertz CT molecular complexity index is 1450. The smallest absolute Gasteiger partial charge is 0.271 e. The number of halogens is 1. The van der Waals surface area contributed by atoms with Crippen LogP contribution in [0.2, 0.25) is 5.02 Å². The molecule has 3 aromatic carbocycles. The Kier molecular flexibility index (Phi) is 6.11. The van der Waals surface area contributed by atoms with Crippen LogP contribution in [0.15, 0.2) is 71.8 Å². The number of hydrogen-bond donors (Lipinski definition) is 3. The molecule has 32 heavy (non-hydrogen) atoms. The number of aryl methyl sites for hydroxylation is 1. The van der Waals surface area contributed by atoms with Gasteiger partial charge in [0, 0.05) is 17.8 Å². The molecule has 0 radical (unpaired) electrons. The minimum absolute atomic E-state index is 0.121. The number of fused-ring (bicyclic) bond motifs is 1. The number of rotatable bonds is 5. The molecule has 0 fully saturated rings. The Hall–Kier alpha value is -3.82. The molecular weight excluding hydrogens is 448 g/mol. The van der Waals surface area contributed by atoms with Crippen molar-refractivity contribution in [2.45, 2.75) is 6.92 Å². The Morgan fingerprint density at radius 1 is 1.12 bits per heavy atom. The molecule has 3 N–H and O–H groups in total. The molecule has 0 unspecified atom stereocenters. The maximum atomic E-state index is 10.9. The Balaban J connectivity index is 1.85. The van der Waals surface area contributed by atoms with Crippen LogP contribution in [0.5, 0.6) is 0 Å². The van der Waals surface area contributed by atoms with Gasteiger partial charge >= 0.3 is 0 Å². The van der Waals surface area contributed by atoms with E-state index >= 15 is 0 Å². The minimum Gasteiger partial charge on any atom is -0.338 e. The summed E-state index contributed by atoms with van der Waals surface area (Å²) in [7, 11) is 0. The minimum atomic E-state index is -0.521. The van der Waals surface area contributed by atoms with Gasteiger partial charge < -0.3 is 5.32 Å². The van der Waals surface area contributed by atoms with E-state index in [0.29, 0.717) is 11.5 Å². The summed E-state index contributed by atoms with van der Waals surface area (Å²) in [4.78, 5) is 15.1. The van der Waals surface area contributed by atoms with E-state index in [1.807, 2.05) is 55.5 Å². The highest BCUT2D eigenvalue weighted by molar-refractivity contribution is 7.15. The predicted molar refractivity (Wildman–Crippen MR) is 127 cm³/mol. The highest BCUT2D eigenvalue weighted by Crippen LogP contribution is 2.26. The second kappa shape index (κ2) is 9.13. The molecule has 10 heteroatoms. The zero-order chi connectivity index (χ0) is 22.7. The van der Waals surface area contributed by atoms with Crippen molar-refractivity contribution in [1.82, 2.24) is 4.98 Å². The monoisotopic (exact) mass is 464 g/mol. The van der Waals surface area contributed by atoms with Crippen LogP contribution in [0.1, 0.15) is 5.56 Å². The van der Waals surface area contributed by atoms with Crippen LogP contribution >= 0.6 is 22.9 Å². The van der Waals surface area contributed by atoms with Crippen molar-refractivity contribution in [1.29, 1.82) is 5.41 Å². The fourth-order valence-corrected chi connectivity index (χ4v) is 3.90. The van der Waals surface area contributed by atoms with Gasteiger partial charge in [0.1, 0.15) is 4.67 Å². The number of hydrogen-bond acceptors (Lipinski definition) is 8. The van der Waals surface area contributed by atoms with Crippen LogP contribution in [0.25, 0.3) is 10.2 Å². The van der Waals surface area contributed by atoms with Crippen molar-refractivity contribution in [2.24, 2.45) is 5.10 Å². The molecule has 0 atom stereocenters. The molecular formula is C22H17ClN6O2S. The molecule has 0 aliphatic carbocycles. The number of nitrogens with zero attached hydrogens (tertiary/aromatic N) is 3. The Morgan fingerprint density at radius 2 is 1.88 bits per heavy atom. The number of para-hydroxylation sites is 1. The van der Waals surface area contributed by atoms with E-state index in [1.165, 1.54) is 29.5 Å². The molecule has 160 valence electrons. The number of nitrogens with one attached hydrogen (secondary N) is 3. The van der Waals surface area contributed by atoms with E-state index in [2.05, 4.69) is 15.8 Å². The van der Waals surface area contributed by atoms with Gasteiger partial charge in [-0.1, -0.05) is 41.4 Å². The number of benzene rings is 3. The van der Waals surface area contributed by atoms with Gasteiger partial charge in [0.05, 0.1) is 25.8 Å². The van der Waals surface area contributed by atoms with Crippen LogP contribution in [0.4, 0.5) is 22.9 Å². The largest absolute Gasteiger partial charge is 0.338 e. The molecule has 0 amide bonds. The number of anilines is 3. The van der Waals surface area contributed by atoms with Crippen molar-refractivity contribution in [3.05, 3.63) is 97.5 Å². The SMILES string of the molecule is Cc1ccc(Nc2nc3ccccc3sc(=N)/c2=N\Nc2ccc([N+](=O)[O-])cc2Cl)cc1. The summed E-state index contributed by atoms with van der Waals surface area (Å²) in [5.74, 6) is 0.391. The van der Waals surface area contributed by atoms with E-state index in [9.17, 15) is 10.1 Å². The first-order chi connectivity index (χ1) is 15.4. The van der Waals surface area contributed by atoms with Crippen LogP contribution < -0.4 is 20.8 Å². The van der Waals surface area contributed by atoms with Crippen LogP contribution in [0, 0.1) is 22.4 Å². The summed E-state index contributed by atoms with van der Waals surface area (Å²) in [5.41, 5.74) is 5.71. The van der Waals surface area contributed by atoms with E-state index < -0.39 is 4.92 Å². The topological polar surface area (TPSA) is 116 Å². The van der Waals surface area contributed by atoms with Crippen molar-refractivity contribution in [3.8, 4) is 0 Å². The molecule has 0 spiro atoms. The highest BCUT2D eigenvalue weighted by Gasteiger charge is 2.10. The molecule has 1 heterocycles. The lowest BCUT2D eigenvalue weighted by Gasteiger charge is -2.06. The number of aromatic nitrogens is 1. The molecule has 0 saturated carbocycles. The van der Waals surface area contributed by atoms with Crippen molar-refractivity contribution < 1.29 is 4.92 Å². The van der Waals surface area contributed by atoms with Gasteiger partial charge in [0.15, 0.2) is 11.2 Å². The first-order valence-electron chi connectivity index (χ1n) is 9.47. The normalized spacial score (nSPS) is 11.4. The van der Waals surface area contributed by atoms with E-state index in [0.717, 1.165) is 21.5 Å². The standard InChI is InChI=1S/C22H17ClN6O2S/c1-13-6-8-14(9-7-13)25-22-20(21(24)32-19-5-3-2-4-18(19)26-22)28-27-17-11-10-15(29(30)31)12-16(17)23/h2-12,24,27H,1H3,(H,25,26)/b24-21?,28-20+. The Labute approximate surface area is 191 Å². The summed E-state index contributed by atoms with van der Waals surface area (Å²) in [6, 6.07) is 19.4. The van der Waals surface area contributed by atoms with E-state index in [-0.39, 0.29) is 20.7 Å². The van der Waals surface area contributed by atoms with Gasteiger partial charge in [0.25, 0.3) is 5.69 Å². The number of nitro benzene ring substituents is 1. The second-order valence-corrected chi connectivity index (χ2v) is 8.30. The molecule has 0 bridgehead atoms. The lowest BCUT2D eigenvalue weighted by molar-refractivity contribution is -0.384. The first-order valence-corrected chi connectivity index (χ1v) is 10.7. The average Bonchev–Trinajstić information content (AvgIpc) is 2.90. The van der Waals surface area contributed by atoms with Gasteiger partial charge in [-0.3, -0.25) is 20.9 Å². The van der Waals surface area contributed by atoms with Crippen LogP contribution in [-0.4, -0.2) is 9.91 Å². The highest BCUT2D eigenvalue weighted by atomic mass is 35.5. The molecule has 0 aliphatic heterocycles. The van der Waals surface area contributed by atoms with Crippen molar-refractivity contribution >= 4 is 56.0 Å². The zero-order valence-corrected chi connectivity index (χ0v) is 18.4. The molecule has 1 aromatic heterocycles. The van der Waals surface area contributed by atoms with Gasteiger partial charge in [0.2, 0.25) is 0 Å². The summed E-state index contributed by atoms with van der Waals surface area (Å²) >= 11 is 7.41. The molecule has 4 aromatic rings. The fraction of sp³-hybridized carbons (Fsp3) is 0.0455. The summed E-state index contributed by atoms with van der Waals surface area (Å²) in [5, 5.41) is 27.6. The van der Waals surface area contributed by atoms with Gasteiger partial charge in [-0.25, -0.2) is 4.98 Å². The lowest BCUT2D eigenvalue weighted by Crippen LogP contribution is -2.25. The Morgan fingerprint density at radius 3 is 2.59 bits per heavy atom. The van der Waals surface area contributed by atoms with Gasteiger partial charge in [-0.2, -0.15) is 5.10 Å². The van der Waals surface area contributed by atoms with Crippen LogP contribution in [0.3, 0.4) is 0 Å². The van der Waals surface area contributed by atoms with Crippen molar-refractivity contribution in [3.63, 3.8) is 0 Å². The van der Waals surface area contributed by atoms with Gasteiger partial charge in [-0.05, 0) is 37.3 Å². The summed E-state index contributed by atoms with van der Waals surface area (Å²) < 4.78 is 1.01. The molecule has 4 rings (SSSR count). The third-order valence-electron chi connectivity index (χ3n) is 4.51. The van der Waals surface area contributed by atoms with E-state index in [4.69, 9.17) is 22.0 Å². The third kappa shape index (κ3) is 4.74. The summed E-state index contributed by atoms with van der Waals surface area (Å²) in [6.07, 6.45) is 0. The second-order valence-electron chi connectivity index (χ2n) is 6.84. The molecule has 0 aliphatic rings.